The van der Waals surface area contributed by atoms with Gasteiger partial charge in [-0.05, 0) is 29.8 Å². The van der Waals surface area contributed by atoms with Crippen molar-refractivity contribution in [3.8, 4) is 0 Å². The van der Waals surface area contributed by atoms with Gasteiger partial charge >= 0.3 is 0 Å². The number of nitrogens with zero attached hydrogens (tertiary/aromatic N) is 1. The Bertz CT molecular complexity index is 779. The van der Waals surface area contributed by atoms with Crippen LogP contribution < -0.4 is 0 Å². The molecule has 2 aromatic rings. The molecule has 1 N–H and O–H groups in total. The van der Waals surface area contributed by atoms with E-state index in [1.54, 1.807) is 6.07 Å². The molecule has 1 aromatic heterocycles. The van der Waals surface area contributed by atoms with E-state index in [2.05, 4.69) is 0 Å². The molecule has 2 heterocycles. The third kappa shape index (κ3) is 2.09. The van der Waals surface area contributed by atoms with Crippen molar-refractivity contribution in [2.45, 2.75) is 6.04 Å². The maximum absolute atomic E-state index is 13.5. The van der Waals surface area contributed by atoms with Crippen molar-refractivity contribution in [1.82, 2.24) is 4.90 Å². The van der Waals surface area contributed by atoms with Gasteiger partial charge in [-0.15, -0.1) is 0 Å². The molecule has 5 nitrogen and oxygen atoms in total. The molecule has 0 aliphatic carbocycles. The smallest absolute Gasteiger partial charge is 0.289 e. The van der Waals surface area contributed by atoms with Crippen LogP contribution in [-0.2, 0) is 4.79 Å². The molecule has 0 spiro atoms. The number of rotatable bonds is 3. The Labute approximate surface area is 125 Å². The second-order valence-corrected chi connectivity index (χ2v) is 4.94. The van der Waals surface area contributed by atoms with Gasteiger partial charge in [0.25, 0.3) is 5.91 Å². The molecular weight excluding hydrogens is 289 g/mol. The highest BCUT2D eigenvalue weighted by atomic mass is 19.1. The minimum absolute atomic E-state index is 0.00560. The van der Waals surface area contributed by atoms with Crippen LogP contribution in [0.15, 0.2) is 58.4 Å². The Hall–Kier alpha value is -2.89. The van der Waals surface area contributed by atoms with Gasteiger partial charge in [-0.1, -0.05) is 12.1 Å². The van der Waals surface area contributed by atoms with Crippen molar-refractivity contribution in [3.63, 3.8) is 0 Å². The first-order valence-corrected chi connectivity index (χ1v) is 6.54. The molecule has 1 aliphatic heterocycles. The van der Waals surface area contributed by atoms with E-state index in [0.717, 1.165) is 0 Å². The van der Waals surface area contributed by atoms with E-state index >= 15 is 0 Å². The fourth-order valence-electron chi connectivity index (χ4n) is 2.56. The molecule has 0 bridgehead atoms. The summed E-state index contributed by atoms with van der Waals surface area (Å²) in [6.45, 7) is 0. The van der Waals surface area contributed by atoms with Crippen LogP contribution in [0.4, 0.5) is 4.39 Å². The van der Waals surface area contributed by atoms with Gasteiger partial charge in [0.15, 0.2) is 11.5 Å². The Morgan fingerprint density at radius 3 is 2.73 bits per heavy atom. The van der Waals surface area contributed by atoms with E-state index < -0.39 is 29.3 Å². The fraction of sp³-hybridized carbons (Fsp3) is 0.125. The van der Waals surface area contributed by atoms with Crippen LogP contribution in [0.25, 0.3) is 0 Å². The third-order valence-electron chi connectivity index (χ3n) is 3.59. The van der Waals surface area contributed by atoms with Gasteiger partial charge in [0.1, 0.15) is 5.82 Å². The largest absolute Gasteiger partial charge is 0.503 e. The normalized spacial score (nSPS) is 18.2. The number of furan rings is 1. The number of aliphatic hydroxyl groups excluding tert-OH is 1. The number of halogens is 1. The molecule has 0 saturated carbocycles. The van der Waals surface area contributed by atoms with E-state index in [0.29, 0.717) is 5.56 Å². The molecule has 1 aliphatic rings. The summed E-state index contributed by atoms with van der Waals surface area (Å²) < 4.78 is 18.5. The third-order valence-corrected chi connectivity index (χ3v) is 3.59. The second kappa shape index (κ2) is 5.14. The van der Waals surface area contributed by atoms with Crippen LogP contribution in [0.5, 0.6) is 0 Å². The van der Waals surface area contributed by atoms with Gasteiger partial charge < -0.3 is 14.4 Å². The summed E-state index contributed by atoms with van der Waals surface area (Å²) in [6.07, 6.45) is 1.32. The van der Waals surface area contributed by atoms with E-state index in [-0.39, 0.29) is 11.3 Å². The van der Waals surface area contributed by atoms with Crippen LogP contribution in [0.3, 0.4) is 0 Å². The number of carbonyl (C=O) groups excluding carboxylic acids is 2. The van der Waals surface area contributed by atoms with Crippen molar-refractivity contribution in [2.75, 3.05) is 7.05 Å². The Kier molecular flexibility index (Phi) is 3.29. The highest BCUT2D eigenvalue weighted by molar-refractivity contribution is 6.14. The van der Waals surface area contributed by atoms with Crippen LogP contribution >= 0.6 is 0 Å². The number of Topliss-reactive ketones (excluding diaryl/α,β-unsaturated/α-hetero) is 1. The van der Waals surface area contributed by atoms with Crippen molar-refractivity contribution in [1.29, 1.82) is 0 Å². The van der Waals surface area contributed by atoms with E-state index in [1.165, 1.54) is 48.5 Å². The van der Waals surface area contributed by atoms with Gasteiger partial charge in [-0.25, -0.2) is 4.39 Å². The van der Waals surface area contributed by atoms with Crippen LogP contribution in [-0.4, -0.2) is 28.7 Å². The van der Waals surface area contributed by atoms with Crippen molar-refractivity contribution in [3.05, 3.63) is 71.1 Å². The lowest BCUT2D eigenvalue weighted by molar-refractivity contribution is -0.128. The minimum atomic E-state index is -0.860. The van der Waals surface area contributed by atoms with Gasteiger partial charge in [-0.2, -0.15) is 0 Å². The molecule has 1 atom stereocenters. The minimum Gasteiger partial charge on any atom is -0.503 e. The summed E-state index contributed by atoms with van der Waals surface area (Å²) in [5.41, 5.74) is 0.280. The lowest BCUT2D eigenvalue weighted by Crippen LogP contribution is -2.26. The SMILES string of the molecule is CN1C(=O)C(O)=C(C(=O)c2ccco2)C1c1cccc(F)c1. The van der Waals surface area contributed by atoms with Crippen LogP contribution in [0.1, 0.15) is 22.2 Å². The number of carbonyl (C=O) groups is 2. The molecule has 1 amide bonds. The van der Waals surface area contributed by atoms with Gasteiger partial charge in [0, 0.05) is 7.05 Å². The molecule has 0 radical (unpaired) electrons. The zero-order chi connectivity index (χ0) is 15.9. The monoisotopic (exact) mass is 301 g/mol. The quantitative estimate of drug-likeness (QED) is 0.885. The zero-order valence-corrected chi connectivity index (χ0v) is 11.6. The molecule has 1 aromatic carbocycles. The van der Waals surface area contributed by atoms with E-state index in [9.17, 15) is 19.1 Å². The summed E-state index contributed by atoms with van der Waals surface area (Å²) in [5.74, 6) is -2.42. The van der Waals surface area contributed by atoms with Gasteiger partial charge in [0.05, 0.1) is 17.9 Å². The highest BCUT2D eigenvalue weighted by Crippen LogP contribution is 2.37. The molecule has 0 saturated heterocycles. The standard InChI is InChI=1S/C16H12FNO4/c1-18-13(9-4-2-5-10(17)8-9)12(15(20)16(18)21)14(19)11-6-3-7-22-11/h2-8,13,20H,1H3. The van der Waals surface area contributed by atoms with E-state index in [1.807, 2.05) is 0 Å². The van der Waals surface area contributed by atoms with Crippen molar-refractivity contribution in [2.24, 2.45) is 0 Å². The maximum Gasteiger partial charge on any atom is 0.289 e. The Morgan fingerprint density at radius 2 is 2.09 bits per heavy atom. The number of hydrogen-bond donors (Lipinski definition) is 1. The average Bonchev–Trinajstić information content (AvgIpc) is 3.10. The first-order valence-electron chi connectivity index (χ1n) is 6.54. The lowest BCUT2D eigenvalue weighted by atomic mass is 9.95. The molecule has 0 fully saturated rings. The van der Waals surface area contributed by atoms with Crippen LogP contribution in [0.2, 0.25) is 0 Å². The summed E-state index contributed by atoms with van der Waals surface area (Å²) in [7, 11) is 1.44. The van der Waals surface area contributed by atoms with Gasteiger partial charge in [0.2, 0.25) is 5.78 Å². The number of amides is 1. The number of likely N-dealkylation sites (N-methyl/N-ethyl adjacent to an activating group) is 1. The van der Waals surface area contributed by atoms with Crippen LogP contribution in [0, 0.1) is 5.82 Å². The summed E-state index contributed by atoms with van der Waals surface area (Å²) in [5, 5.41) is 10.0. The molecule has 1 unspecified atom stereocenters. The Balaban J connectivity index is 2.11. The van der Waals surface area contributed by atoms with Crippen molar-refractivity contribution < 1.29 is 23.5 Å². The maximum atomic E-state index is 13.5. The first-order chi connectivity index (χ1) is 10.5. The molecule has 3 rings (SSSR count). The van der Waals surface area contributed by atoms with Crippen molar-refractivity contribution >= 4 is 11.7 Å². The van der Waals surface area contributed by atoms with Gasteiger partial charge in [-0.3, -0.25) is 9.59 Å². The number of ketones is 1. The predicted molar refractivity (Wildman–Crippen MR) is 74.6 cm³/mol. The van der Waals surface area contributed by atoms with E-state index in [4.69, 9.17) is 4.42 Å². The summed E-state index contributed by atoms with van der Waals surface area (Å²) >= 11 is 0. The number of hydrogen-bond acceptors (Lipinski definition) is 4. The predicted octanol–water partition coefficient (Wildman–Crippen LogP) is 2.63. The highest BCUT2D eigenvalue weighted by Gasteiger charge is 2.42. The fourth-order valence-corrected chi connectivity index (χ4v) is 2.56. The average molecular weight is 301 g/mol. The first kappa shape index (κ1) is 14.1. The zero-order valence-electron chi connectivity index (χ0n) is 11.6. The topological polar surface area (TPSA) is 70.8 Å². The summed E-state index contributed by atoms with van der Waals surface area (Å²) in [6, 6.07) is 7.66. The summed E-state index contributed by atoms with van der Waals surface area (Å²) in [4.78, 5) is 25.7. The lowest BCUT2D eigenvalue weighted by Gasteiger charge is -2.22. The molecule has 112 valence electrons. The number of benzene rings is 1. The number of aliphatic hydroxyl groups is 1. The second-order valence-electron chi connectivity index (χ2n) is 4.94. The Morgan fingerprint density at radius 1 is 1.32 bits per heavy atom. The molecular formula is C16H12FNO4. The molecule has 6 heteroatoms. The molecule has 22 heavy (non-hydrogen) atoms.